The maximum absolute atomic E-state index is 11.3. The Morgan fingerprint density at radius 1 is 1.00 bits per heavy atom. The third kappa shape index (κ3) is 8.40. The molecule has 0 aliphatic heterocycles. The number of hydrogen-bond acceptors (Lipinski definition) is 5. The predicted octanol–water partition coefficient (Wildman–Crippen LogP) is 3.86. The predicted molar refractivity (Wildman–Crippen MR) is 119 cm³/mol. The van der Waals surface area contributed by atoms with Gasteiger partial charge in [-0.3, -0.25) is 5.32 Å². The first-order valence-electron chi connectivity index (χ1n) is 9.85. The average Bonchev–Trinajstić information content (AvgIpc) is 2.76. The number of benzene rings is 2. The maximum Gasteiger partial charge on any atom is 0.411 e. The molecule has 0 saturated heterocycles. The number of carbonyl (C=O) groups is 1. The number of carbonyl (C=O) groups excluding carboxylic acids is 1. The van der Waals surface area contributed by atoms with Crippen molar-refractivity contribution in [3.05, 3.63) is 54.1 Å². The summed E-state index contributed by atoms with van der Waals surface area (Å²) < 4.78 is 15.4. The van der Waals surface area contributed by atoms with Crippen molar-refractivity contribution in [3.63, 3.8) is 0 Å². The number of methoxy groups -OCH3 is 2. The van der Waals surface area contributed by atoms with E-state index in [4.69, 9.17) is 9.47 Å². The second kappa shape index (κ2) is 13.1. The van der Waals surface area contributed by atoms with Crippen LogP contribution in [0.4, 0.5) is 16.2 Å². The van der Waals surface area contributed by atoms with Gasteiger partial charge in [0.2, 0.25) is 0 Å². The number of aliphatic imine (C=N–C) groups is 1. The van der Waals surface area contributed by atoms with Gasteiger partial charge in [0, 0.05) is 44.1 Å². The Labute approximate surface area is 177 Å². The van der Waals surface area contributed by atoms with Crippen LogP contribution in [0.25, 0.3) is 0 Å². The molecule has 0 spiro atoms. The summed E-state index contributed by atoms with van der Waals surface area (Å²) in [5, 5.41) is 9.15. The molecule has 8 nitrogen and oxygen atoms in total. The van der Waals surface area contributed by atoms with E-state index in [0.29, 0.717) is 31.4 Å². The van der Waals surface area contributed by atoms with Crippen LogP contribution in [0.2, 0.25) is 0 Å². The number of rotatable bonds is 10. The number of anilines is 2. The highest BCUT2D eigenvalue weighted by Gasteiger charge is 2.03. The summed E-state index contributed by atoms with van der Waals surface area (Å²) in [6.07, 6.45) is 0.343. The molecule has 0 bridgehead atoms. The van der Waals surface area contributed by atoms with Gasteiger partial charge in [-0.15, -0.1) is 0 Å². The molecular weight excluding hydrogens is 384 g/mol. The molecule has 2 rings (SSSR count). The van der Waals surface area contributed by atoms with Gasteiger partial charge >= 0.3 is 6.09 Å². The van der Waals surface area contributed by atoms with Gasteiger partial charge in [-0.2, -0.15) is 0 Å². The van der Waals surface area contributed by atoms with Crippen molar-refractivity contribution in [2.45, 2.75) is 19.9 Å². The molecule has 2 aromatic rings. The minimum absolute atomic E-state index is 0.487. The molecule has 2 aromatic carbocycles. The molecule has 0 heterocycles. The standard InChI is InChI=1S/C22H30N4O4/c1-4-23-21(24-16-17-9-11-18(12-10-17)26-22(27)29-3)25-19-7-5-8-20(15-19)30-14-6-13-28-2/h5,7-12,15H,4,6,13-14,16H2,1-3H3,(H,26,27)(H2,23,24,25). The maximum atomic E-state index is 11.3. The van der Waals surface area contributed by atoms with Gasteiger partial charge in [0.15, 0.2) is 5.96 Å². The fraction of sp³-hybridized carbons (Fsp3) is 0.364. The van der Waals surface area contributed by atoms with E-state index in [1.165, 1.54) is 7.11 Å². The molecule has 0 fully saturated rings. The van der Waals surface area contributed by atoms with Gasteiger partial charge in [0.05, 0.1) is 20.3 Å². The van der Waals surface area contributed by atoms with Gasteiger partial charge in [0.1, 0.15) is 5.75 Å². The number of nitrogens with one attached hydrogen (secondary N) is 3. The summed E-state index contributed by atoms with van der Waals surface area (Å²) in [5.74, 6) is 1.46. The van der Waals surface area contributed by atoms with Gasteiger partial charge in [0.25, 0.3) is 0 Å². The van der Waals surface area contributed by atoms with Crippen LogP contribution >= 0.6 is 0 Å². The Hall–Kier alpha value is -3.26. The fourth-order valence-electron chi connectivity index (χ4n) is 2.53. The molecule has 1 amide bonds. The number of nitrogens with zero attached hydrogens (tertiary/aromatic N) is 1. The molecule has 0 aliphatic carbocycles. The quantitative estimate of drug-likeness (QED) is 0.311. The second-order valence-electron chi connectivity index (χ2n) is 6.36. The minimum Gasteiger partial charge on any atom is -0.493 e. The highest BCUT2D eigenvalue weighted by atomic mass is 16.5. The number of ether oxygens (including phenoxy) is 3. The summed E-state index contributed by atoms with van der Waals surface area (Å²) in [6, 6.07) is 15.2. The third-order valence-corrected chi connectivity index (χ3v) is 4.01. The molecule has 30 heavy (non-hydrogen) atoms. The second-order valence-corrected chi connectivity index (χ2v) is 6.36. The van der Waals surface area contributed by atoms with Crippen molar-refractivity contribution in [1.82, 2.24) is 5.32 Å². The molecule has 0 unspecified atom stereocenters. The van der Waals surface area contributed by atoms with Crippen molar-refractivity contribution in [1.29, 1.82) is 0 Å². The lowest BCUT2D eigenvalue weighted by atomic mass is 10.2. The van der Waals surface area contributed by atoms with E-state index in [2.05, 4.69) is 25.7 Å². The Kier molecular flexibility index (Phi) is 10.0. The van der Waals surface area contributed by atoms with E-state index in [0.717, 1.165) is 30.0 Å². The topological polar surface area (TPSA) is 93.2 Å². The average molecular weight is 415 g/mol. The molecule has 3 N–H and O–H groups in total. The summed E-state index contributed by atoms with van der Waals surface area (Å²) in [7, 11) is 3.01. The SMILES string of the molecule is CCNC(=NCc1ccc(NC(=O)OC)cc1)Nc1cccc(OCCCOC)c1. The zero-order valence-corrected chi connectivity index (χ0v) is 17.7. The molecule has 0 atom stereocenters. The van der Waals surface area contributed by atoms with Crippen LogP contribution in [-0.2, 0) is 16.0 Å². The summed E-state index contributed by atoms with van der Waals surface area (Å²) in [6.45, 7) is 4.52. The molecule has 162 valence electrons. The monoisotopic (exact) mass is 414 g/mol. The lowest BCUT2D eigenvalue weighted by Crippen LogP contribution is -2.30. The van der Waals surface area contributed by atoms with E-state index in [1.807, 2.05) is 55.5 Å². The van der Waals surface area contributed by atoms with Crippen molar-refractivity contribution in [2.75, 3.05) is 44.6 Å². The number of amides is 1. The van der Waals surface area contributed by atoms with Crippen molar-refractivity contribution >= 4 is 23.4 Å². The van der Waals surface area contributed by atoms with Gasteiger partial charge < -0.3 is 24.8 Å². The first kappa shape index (κ1) is 23.0. The van der Waals surface area contributed by atoms with Crippen LogP contribution in [0, 0.1) is 0 Å². The highest BCUT2D eigenvalue weighted by Crippen LogP contribution is 2.18. The molecule has 0 aromatic heterocycles. The first-order chi connectivity index (χ1) is 14.6. The Morgan fingerprint density at radius 3 is 2.50 bits per heavy atom. The fourth-order valence-corrected chi connectivity index (χ4v) is 2.53. The van der Waals surface area contributed by atoms with Gasteiger partial charge in [-0.1, -0.05) is 18.2 Å². The van der Waals surface area contributed by atoms with Gasteiger partial charge in [-0.25, -0.2) is 9.79 Å². The lowest BCUT2D eigenvalue weighted by Gasteiger charge is -2.13. The number of hydrogen-bond donors (Lipinski definition) is 3. The molecular formula is C22H30N4O4. The van der Waals surface area contributed by atoms with E-state index in [1.54, 1.807) is 7.11 Å². The Morgan fingerprint density at radius 2 is 1.80 bits per heavy atom. The van der Waals surface area contributed by atoms with E-state index < -0.39 is 6.09 Å². The number of guanidine groups is 1. The highest BCUT2D eigenvalue weighted by molar-refractivity contribution is 5.93. The van der Waals surface area contributed by atoms with Gasteiger partial charge in [-0.05, 0) is 36.8 Å². The lowest BCUT2D eigenvalue weighted by molar-refractivity contribution is 0.172. The van der Waals surface area contributed by atoms with Crippen LogP contribution in [0.5, 0.6) is 5.75 Å². The van der Waals surface area contributed by atoms with Crippen molar-refractivity contribution in [2.24, 2.45) is 4.99 Å². The van der Waals surface area contributed by atoms with Crippen LogP contribution < -0.4 is 20.7 Å². The van der Waals surface area contributed by atoms with Crippen molar-refractivity contribution < 1.29 is 19.0 Å². The smallest absolute Gasteiger partial charge is 0.411 e. The van der Waals surface area contributed by atoms with Crippen LogP contribution in [0.3, 0.4) is 0 Å². The third-order valence-electron chi connectivity index (χ3n) is 4.01. The largest absolute Gasteiger partial charge is 0.493 e. The first-order valence-corrected chi connectivity index (χ1v) is 9.85. The summed E-state index contributed by atoms with van der Waals surface area (Å²) in [4.78, 5) is 15.9. The van der Waals surface area contributed by atoms with Crippen molar-refractivity contribution in [3.8, 4) is 5.75 Å². The van der Waals surface area contributed by atoms with E-state index in [-0.39, 0.29) is 0 Å². The van der Waals surface area contributed by atoms with E-state index >= 15 is 0 Å². The molecule has 8 heteroatoms. The van der Waals surface area contributed by atoms with Crippen LogP contribution in [-0.4, -0.2) is 46.0 Å². The van der Waals surface area contributed by atoms with E-state index in [9.17, 15) is 4.79 Å². The zero-order chi connectivity index (χ0) is 21.6. The summed E-state index contributed by atoms with van der Waals surface area (Å²) in [5.41, 5.74) is 2.57. The molecule has 0 aliphatic rings. The Bertz CT molecular complexity index is 809. The van der Waals surface area contributed by atoms with Crippen LogP contribution in [0.15, 0.2) is 53.5 Å². The Balaban J connectivity index is 1.96. The normalized spacial score (nSPS) is 11.0. The van der Waals surface area contributed by atoms with Crippen LogP contribution in [0.1, 0.15) is 18.9 Å². The minimum atomic E-state index is -0.496. The summed E-state index contributed by atoms with van der Waals surface area (Å²) >= 11 is 0. The zero-order valence-electron chi connectivity index (χ0n) is 17.7. The molecule has 0 radical (unpaired) electrons. The molecule has 0 saturated carbocycles.